The Morgan fingerprint density at radius 1 is 1.24 bits per heavy atom. The molecule has 1 atom stereocenters. The molecule has 0 bridgehead atoms. The number of ether oxygens (including phenoxy) is 1. The van der Waals surface area contributed by atoms with Crippen LogP contribution in [-0.2, 0) is 10.9 Å². The van der Waals surface area contributed by atoms with Crippen molar-refractivity contribution in [3.8, 4) is 0 Å². The van der Waals surface area contributed by atoms with Crippen LogP contribution in [0.25, 0.3) is 10.2 Å². The lowest BCUT2D eigenvalue weighted by atomic mass is 10.0. The Morgan fingerprint density at radius 3 is 2.52 bits per heavy atom. The zero-order chi connectivity index (χ0) is 21.6. The molecule has 1 fully saturated rings. The number of anilines is 1. The molecule has 1 aromatic heterocycles. The van der Waals surface area contributed by atoms with Gasteiger partial charge in [-0.3, -0.25) is 0 Å². The van der Waals surface area contributed by atoms with Crippen LogP contribution in [-0.4, -0.2) is 47.3 Å². The van der Waals surface area contributed by atoms with Crippen LogP contribution in [0.15, 0.2) is 18.2 Å². The highest BCUT2D eigenvalue weighted by Gasteiger charge is 2.35. The molecule has 0 radical (unpaired) electrons. The third-order valence-corrected chi connectivity index (χ3v) is 5.85. The smallest absolute Gasteiger partial charge is 0.416 e. The summed E-state index contributed by atoms with van der Waals surface area (Å²) in [5.41, 5.74) is -0.685. The van der Waals surface area contributed by atoms with E-state index in [1.54, 1.807) is 4.90 Å². The summed E-state index contributed by atoms with van der Waals surface area (Å²) >= 11 is 1.25. The van der Waals surface area contributed by atoms with Crippen molar-refractivity contribution in [2.75, 3.05) is 24.5 Å². The number of carbonyl (C=O) groups excluding carboxylic acids is 1. The van der Waals surface area contributed by atoms with E-state index in [9.17, 15) is 18.0 Å². The number of benzene rings is 1. The van der Waals surface area contributed by atoms with Crippen molar-refractivity contribution in [2.45, 2.75) is 52.4 Å². The quantitative estimate of drug-likeness (QED) is 0.642. The summed E-state index contributed by atoms with van der Waals surface area (Å²) in [5, 5.41) is 0.682. The monoisotopic (exact) mass is 429 g/mol. The van der Waals surface area contributed by atoms with Gasteiger partial charge in [0.05, 0.1) is 21.8 Å². The molecule has 1 aromatic carbocycles. The van der Waals surface area contributed by atoms with Gasteiger partial charge in [-0.25, -0.2) is 9.78 Å². The van der Waals surface area contributed by atoms with Gasteiger partial charge >= 0.3 is 12.3 Å². The number of aromatic nitrogens is 1. The van der Waals surface area contributed by atoms with Crippen molar-refractivity contribution >= 4 is 32.8 Å². The van der Waals surface area contributed by atoms with Crippen molar-refractivity contribution < 1.29 is 22.7 Å². The fourth-order valence-corrected chi connectivity index (χ4v) is 4.41. The number of thiazole rings is 1. The fourth-order valence-electron chi connectivity index (χ4n) is 3.32. The number of rotatable bonds is 2. The third kappa shape index (κ3) is 4.94. The van der Waals surface area contributed by atoms with E-state index in [1.807, 2.05) is 20.8 Å². The fraction of sp³-hybridized carbons (Fsp3) is 0.600. The second-order valence-corrected chi connectivity index (χ2v) is 9.62. The molecule has 0 spiro atoms. The van der Waals surface area contributed by atoms with Gasteiger partial charge < -0.3 is 14.5 Å². The van der Waals surface area contributed by atoms with E-state index < -0.39 is 17.3 Å². The van der Waals surface area contributed by atoms with Crippen LogP contribution >= 0.6 is 11.3 Å². The lowest BCUT2D eigenvalue weighted by Gasteiger charge is -2.43. The van der Waals surface area contributed by atoms with Crippen LogP contribution in [0.3, 0.4) is 0 Å². The highest BCUT2D eigenvalue weighted by Crippen LogP contribution is 2.37. The van der Waals surface area contributed by atoms with Gasteiger partial charge in [0.25, 0.3) is 0 Å². The van der Waals surface area contributed by atoms with Gasteiger partial charge in [-0.15, -0.1) is 0 Å². The number of alkyl halides is 3. The molecule has 1 aliphatic rings. The summed E-state index contributed by atoms with van der Waals surface area (Å²) in [6.45, 7) is 11.1. The van der Waals surface area contributed by atoms with E-state index >= 15 is 0 Å². The van der Waals surface area contributed by atoms with Crippen molar-refractivity contribution in [1.82, 2.24) is 9.88 Å². The summed E-state index contributed by atoms with van der Waals surface area (Å²) in [7, 11) is 0. The van der Waals surface area contributed by atoms with Crippen LogP contribution in [0.2, 0.25) is 0 Å². The first-order valence-corrected chi connectivity index (χ1v) is 10.4. The summed E-state index contributed by atoms with van der Waals surface area (Å²) in [6, 6.07) is 3.63. The number of carbonyl (C=O) groups is 1. The van der Waals surface area contributed by atoms with E-state index in [1.165, 1.54) is 17.4 Å². The number of hydrogen-bond donors (Lipinski definition) is 0. The van der Waals surface area contributed by atoms with Gasteiger partial charge in [-0.2, -0.15) is 13.2 Å². The van der Waals surface area contributed by atoms with Crippen LogP contribution in [0.5, 0.6) is 0 Å². The lowest BCUT2D eigenvalue weighted by molar-refractivity contribution is -0.137. The molecule has 1 unspecified atom stereocenters. The molecule has 1 aliphatic heterocycles. The first-order chi connectivity index (χ1) is 13.3. The number of nitrogens with zero attached hydrogens (tertiary/aromatic N) is 3. The molecule has 2 heterocycles. The van der Waals surface area contributed by atoms with Gasteiger partial charge in [0.2, 0.25) is 0 Å². The molecular formula is C20H26F3N3O2S. The highest BCUT2D eigenvalue weighted by molar-refractivity contribution is 7.22. The molecule has 5 nitrogen and oxygen atoms in total. The average molecular weight is 430 g/mol. The first-order valence-electron chi connectivity index (χ1n) is 9.57. The number of piperazine rings is 1. The Morgan fingerprint density at radius 2 is 1.93 bits per heavy atom. The Kier molecular flexibility index (Phi) is 5.73. The van der Waals surface area contributed by atoms with Gasteiger partial charge in [0.15, 0.2) is 5.13 Å². The molecule has 0 saturated carbocycles. The molecule has 2 aromatic rings. The normalized spacial score (nSPS) is 18.6. The van der Waals surface area contributed by atoms with Gasteiger partial charge in [-0.05, 0) is 44.9 Å². The number of fused-ring (bicyclic) bond motifs is 1. The molecule has 3 rings (SSSR count). The zero-order valence-corrected chi connectivity index (χ0v) is 18.0. The van der Waals surface area contributed by atoms with Crippen molar-refractivity contribution in [1.29, 1.82) is 0 Å². The standard InChI is InChI=1S/C20H26F3N3O2S/c1-12(2)15-11-25(18(27)28-19(3,4)5)8-9-26(15)17-24-14-7-6-13(20(21,22)23)10-16(14)29-17/h6-7,10,12,15H,8-9,11H2,1-5H3. The van der Waals surface area contributed by atoms with Gasteiger partial charge in [-0.1, -0.05) is 25.2 Å². The van der Waals surface area contributed by atoms with Crippen molar-refractivity contribution in [3.05, 3.63) is 23.8 Å². The Balaban J connectivity index is 1.84. The number of halogens is 3. The molecule has 29 heavy (non-hydrogen) atoms. The molecule has 9 heteroatoms. The first kappa shape index (κ1) is 21.7. The van der Waals surface area contributed by atoms with Crippen LogP contribution in [0, 0.1) is 5.92 Å². The maximum absolute atomic E-state index is 13.0. The van der Waals surface area contributed by atoms with Crippen LogP contribution in [0.4, 0.5) is 23.1 Å². The average Bonchev–Trinajstić information content (AvgIpc) is 3.02. The topological polar surface area (TPSA) is 45.7 Å². The highest BCUT2D eigenvalue weighted by atomic mass is 32.1. The second kappa shape index (κ2) is 7.66. The largest absolute Gasteiger partial charge is 0.444 e. The van der Waals surface area contributed by atoms with Crippen molar-refractivity contribution in [2.24, 2.45) is 5.92 Å². The minimum Gasteiger partial charge on any atom is -0.444 e. The second-order valence-electron chi connectivity index (χ2n) is 8.61. The maximum Gasteiger partial charge on any atom is 0.416 e. The van der Waals surface area contributed by atoms with Crippen LogP contribution in [0.1, 0.15) is 40.2 Å². The van der Waals surface area contributed by atoms with Gasteiger partial charge in [0, 0.05) is 19.6 Å². The SMILES string of the molecule is CC(C)C1CN(C(=O)OC(C)(C)C)CCN1c1nc2ccc(C(F)(F)F)cc2s1. The molecule has 1 amide bonds. The van der Waals surface area contributed by atoms with Gasteiger partial charge in [0.1, 0.15) is 5.60 Å². The van der Waals surface area contributed by atoms with E-state index in [-0.39, 0.29) is 18.1 Å². The van der Waals surface area contributed by atoms with E-state index in [4.69, 9.17) is 4.74 Å². The Hall–Kier alpha value is -2.03. The molecule has 1 saturated heterocycles. The summed E-state index contributed by atoms with van der Waals surface area (Å²) in [5.74, 6) is 0.220. The summed E-state index contributed by atoms with van der Waals surface area (Å²) in [6.07, 6.45) is -4.72. The van der Waals surface area contributed by atoms with Crippen LogP contribution < -0.4 is 4.90 Å². The summed E-state index contributed by atoms with van der Waals surface area (Å²) < 4.78 is 45.0. The lowest BCUT2D eigenvalue weighted by Crippen LogP contribution is -2.57. The summed E-state index contributed by atoms with van der Waals surface area (Å²) in [4.78, 5) is 20.8. The zero-order valence-electron chi connectivity index (χ0n) is 17.2. The molecule has 0 N–H and O–H groups in total. The van der Waals surface area contributed by atoms with E-state index in [0.717, 1.165) is 12.1 Å². The van der Waals surface area contributed by atoms with E-state index in [0.29, 0.717) is 35.0 Å². The number of amides is 1. The molecule has 0 aliphatic carbocycles. The van der Waals surface area contributed by atoms with E-state index in [2.05, 4.69) is 23.7 Å². The Bertz CT molecular complexity index is 889. The minimum atomic E-state index is -4.38. The third-order valence-electron chi connectivity index (χ3n) is 4.79. The maximum atomic E-state index is 13.0. The predicted octanol–water partition coefficient (Wildman–Crippen LogP) is 5.40. The minimum absolute atomic E-state index is 0.00100. The Labute approximate surface area is 172 Å². The van der Waals surface area contributed by atoms with Crippen molar-refractivity contribution in [3.63, 3.8) is 0 Å². The predicted molar refractivity (Wildman–Crippen MR) is 108 cm³/mol. The molecule has 160 valence electrons. The molecular weight excluding hydrogens is 403 g/mol. The number of hydrogen-bond acceptors (Lipinski definition) is 5.